The number of nitrogens with one attached hydrogen (secondary N) is 1. The number of aliphatic imine (C=N–C) groups is 1. The van der Waals surface area contributed by atoms with E-state index < -0.39 is 0 Å². The van der Waals surface area contributed by atoms with Crippen LogP contribution in [0.3, 0.4) is 0 Å². The molecule has 2 atom stereocenters. The van der Waals surface area contributed by atoms with E-state index in [0.29, 0.717) is 17.9 Å². The lowest BCUT2D eigenvalue weighted by Crippen LogP contribution is -2.43. The average molecular weight is 199 g/mol. The van der Waals surface area contributed by atoms with Crippen molar-refractivity contribution in [2.75, 3.05) is 13.2 Å². The molecule has 1 aliphatic rings. The summed E-state index contributed by atoms with van der Waals surface area (Å²) in [6.07, 6.45) is 1.25. The number of hydrogen-bond acceptors (Lipinski definition) is 2. The molecule has 0 amide bonds. The van der Waals surface area contributed by atoms with Gasteiger partial charge in [0.2, 0.25) is 0 Å². The van der Waals surface area contributed by atoms with Gasteiger partial charge in [-0.2, -0.15) is 0 Å². The first-order chi connectivity index (χ1) is 6.59. The quantitative estimate of drug-likeness (QED) is 0.520. The number of nitrogens with two attached hydrogens (primary N) is 1. The van der Waals surface area contributed by atoms with Gasteiger partial charge in [0.05, 0.1) is 12.1 Å². The smallest absolute Gasteiger partial charge is 0.188 e. The van der Waals surface area contributed by atoms with Crippen LogP contribution in [0, 0.1) is 5.92 Å². The summed E-state index contributed by atoms with van der Waals surface area (Å²) in [7, 11) is 0. The van der Waals surface area contributed by atoms with Crippen LogP contribution in [0.25, 0.3) is 0 Å². The van der Waals surface area contributed by atoms with Crippen molar-refractivity contribution in [2.45, 2.75) is 39.3 Å². The van der Waals surface area contributed by atoms with Crippen molar-refractivity contribution < 1.29 is 4.74 Å². The SMILES string of the molecule is CC(C)CN=C(N)NC1CCOC1C. The maximum atomic E-state index is 5.75. The van der Waals surface area contributed by atoms with Gasteiger partial charge >= 0.3 is 0 Å². The molecule has 82 valence electrons. The Morgan fingerprint density at radius 2 is 2.36 bits per heavy atom. The van der Waals surface area contributed by atoms with E-state index in [1.807, 2.05) is 0 Å². The Labute approximate surface area is 85.9 Å². The molecule has 4 nitrogen and oxygen atoms in total. The number of guanidine groups is 1. The van der Waals surface area contributed by atoms with Crippen LogP contribution in [-0.2, 0) is 4.74 Å². The highest BCUT2D eigenvalue weighted by Crippen LogP contribution is 2.11. The minimum absolute atomic E-state index is 0.239. The predicted octanol–water partition coefficient (Wildman–Crippen LogP) is 0.724. The normalized spacial score (nSPS) is 28.4. The fraction of sp³-hybridized carbons (Fsp3) is 0.900. The predicted molar refractivity (Wildman–Crippen MR) is 58.3 cm³/mol. The van der Waals surface area contributed by atoms with Crippen LogP contribution in [0.5, 0.6) is 0 Å². The van der Waals surface area contributed by atoms with E-state index in [9.17, 15) is 0 Å². The Bertz CT molecular complexity index is 204. The fourth-order valence-corrected chi connectivity index (χ4v) is 1.44. The Morgan fingerprint density at radius 1 is 1.64 bits per heavy atom. The lowest BCUT2D eigenvalue weighted by atomic mass is 10.2. The zero-order chi connectivity index (χ0) is 10.6. The summed E-state index contributed by atoms with van der Waals surface area (Å²) >= 11 is 0. The van der Waals surface area contributed by atoms with Crippen molar-refractivity contribution in [3.8, 4) is 0 Å². The first-order valence-electron chi connectivity index (χ1n) is 5.27. The summed E-state index contributed by atoms with van der Waals surface area (Å²) < 4.78 is 5.42. The maximum Gasteiger partial charge on any atom is 0.188 e. The van der Waals surface area contributed by atoms with E-state index >= 15 is 0 Å². The van der Waals surface area contributed by atoms with Crippen LogP contribution in [0.4, 0.5) is 0 Å². The van der Waals surface area contributed by atoms with Crippen LogP contribution in [0.2, 0.25) is 0 Å². The molecule has 0 saturated carbocycles. The largest absolute Gasteiger partial charge is 0.376 e. The lowest BCUT2D eigenvalue weighted by molar-refractivity contribution is 0.116. The molecule has 0 aromatic heterocycles. The number of rotatable bonds is 3. The molecule has 3 N–H and O–H groups in total. The molecule has 1 rings (SSSR count). The average Bonchev–Trinajstić information content (AvgIpc) is 2.49. The van der Waals surface area contributed by atoms with Crippen molar-refractivity contribution >= 4 is 5.96 Å². The number of hydrogen-bond donors (Lipinski definition) is 2. The highest BCUT2D eigenvalue weighted by molar-refractivity contribution is 5.78. The van der Waals surface area contributed by atoms with Gasteiger partial charge in [-0.1, -0.05) is 13.8 Å². The molecule has 2 unspecified atom stereocenters. The summed E-state index contributed by atoms with van der Waals surface area (Å²) in [6.45, 7) is 7.90. The molecule has 14 heavy (non-hydrogen) atoms. The van der Waals surface area contributed by atoms with Crippen LogP contribution in [0.1, 0.15) is 27.2 Å². The Balaban J connectivity index is 2.32. The number of nitrogens with zero attached hydrogens (tertiary/aromatic N) is 1. The third kappa shape index (κ3) is 3.54. The standard InChI is InChI=1S/C10H21N3O/c1-7(2)6-12-10(11)13-9-4-5-14-8(9)3/h7-9H,4-6H2,1-3H3,(H3,11,12,13). The van der Waals surface area contributed by atoms with E-state index in [1.165, 1.54) is 0 Å². The minimum Gasteiger partial charge on any atom is -0.376 e. The van der Waals surface area contributed by atoms with Gasteiger partial charge in [0.25, 0.3) is 0 Å². The van der Waals surface area contributed by atoms with Gasteiger partial charge in [-0.3, -0.25) is 4.99 Å². The first kappa shape index (κ1) is 11.3. The second-order valence-corrected chi connectivity index (χ2v) is 4.24. The molecular formula is C10H21N3O. The lowest BCUT2D eigenvalue weighted by Gasteiger charge is -2.16. The van der Waals surface area contributed by atoms with Crippen LogP contribution in [-0.4, -0.2) is 31.3 Å². The van der Waals surface area contributed by atoms with E-state index in [1.54, 1.807) is 0 Å². The molecule has 1 fully saturated rings. The summed E-state index contributed by atoms with van der Waals surface area (Å²) in [5.41, 5.74) is 5.75. The molecule has 0 spiro atoms. The van der Waals surface area contributed by atoms with Crippen molar-refractivity contribution in [2.24, 2.45) is 16.6 Å². The monoisotopic (exact) mass is 199 g/mol. The molecule has 0 aromatic carbocycles. The van der Waals surface area contributed by atoms with E-state index in [2.05, 4.69) is 31.1 Å². The Hall–Kier alpha value is -0.770. The van der Waals surface area contributed by atoms with E-state index in [4.69, 9.17) is 10.5 Å². The van der Waals surface area contributed by atoms with Gasteiger partial charge in [0.1, 0.15) is 0 Å². The zero-order valence-electron chi connectivity index (χ0n) is 9.29. The van der Waals surface area contributed by atoms with Gasteiger partial charge in [0, 0.05) is 13.2 Å². The van der Waals surface area contributed by atoms with Gasteiger partial charge in [-0.15, -0.1) is 0 Å². The van der Waals surface area contributed by atoms with Crippen LogP contribution in [0.15, 0.2) is 4.99 Å². The van der Waals surface area contributed by atoms with Crippen molar-refractivity contribution in [3.05, 3.63) is 0 Å². The summed E-state index contributed by atoms with van der Waals surface area (Å²) in [5.74, 6) is 1.09. The molecule has 1 saturated heterocycles. The van der Waals surface area contributed by atoms with Gasteiger partial charge < -0.3 is 15.8 Å². The van der Waals surface area contributed by atoms with Crippen molar-refractivity contribution in [1.82, 2.24) is 5.32 Å². The molecule has 0 bridgehead atoms. The van der Waals surface area contributed by atoms with Gasteiger partial charge in [-0.05, 0) is 19.3 Å². The highest BCUT2D eigenvalue weighted by atomic mass is 16.5. The third-order valence-corrected chi connectivity index (χ3v) is 2.34. The molecule has 0 radical (unpaired) electrons. The minimum atomic E-state index is 0.239. The van der Waals surface area contributed by atoms with Crippen LogP contribution >= 0.6 is 0 Å². The molecular weight excluding hydrogens is 178 g/mol. The van der Waals surface area contributed by atoms with Gasteiger partial charge in [0.15, 0.2) is 5.96 Å². The molecule has 1 heterocycles. The zero-order valence-corrected chi connectivity index (χ0v) is 9.29. The van der Waals surface area contributed by atoms with E-state index in [-0.39, 0.29) is 6.10 Å². The highest BCUT2D eigenvalue weighted by Gasteiger charge is 2.24. The van der Waals surface area contributed by atoms with Gasteiger partial charge in [-0.25, -0.2) is 0 Å². The van der Waals surface area contributed by atoms with Crippen LogP contribution < -0.4 is 11.1 Å². The summed E-state index contributed by atoms with van der Waals surface area (Å²) in [4.78, 5) is 4.25. The molecule has 0 aromatic rings. The first-order valence-corrected chi connectivity index (χ1v) is 5.27. The van der Waals surface area contributed by atoms with E-state index in [0.717, 1.165) is 19.6 Å². The molecule has 1 aliphatic heterocycles. The maximum absolute atomic E-state index is 5.75. The Morgan fingerprint density at radius 3 is 2.86 bits per heavy atom. The topological polar surface area (TPSA) is 59.6 Å². The Kier molecular flexibility index (Phi) is 4.20. The molecule has 0 aliphatic carbocycles. The second-order valence-electron chi connectivity index (χ2n) is 4.24. The number of ether oxygens (including phenoxy) is 1. The van der Waals surface area contributed by atoms with Crippen molar-refractivity contribution in [3.63, 3.8) is 0 Å². The second kappa shape index (κ2) is 5.20. The van der Waals surface area contributed by atoms with Crippen molar-refractivity contribution in [1.29, 1.82) is 0 Å². The fourth-order valence-electron chi connectivity index (χ4n) is 1.44. The summed E-state index contributed by atoms with van der Waals surface area (Å²) in [6, 6.07) is 0.325. The third-order valence-electron chi connectivity index (χ3n) is 2.34. The molecule has 4 heteroatoms. The summed E-state index contributed by atoms with van der Waals surface area (Å²) in [5, 5.41) is 3.19.